The highest BCUT2D eigenvalue weighted by molar-refractivity contribution is 7.20. The van der Waals surface area contributed by atoms with Crippen LogP contribution in [0.3, 0.4) is 0 Å². The number of para-hydroxylation sites is 1. The molecule has 5 nitrogen and oxygen atoms in total. The first-order chi connectivity index (χ1) is 20.6. The number of aromatic nitrogens is 1. The van der Waals surface area contributed by atoms with E-state index in [0.717, 1.165) is 9.60 Å². The molecule has 4 aromatic rings. The van der Waals surface area contributed by atoms with Crippen molar-refractivity contribution in [3.05, 3.63) is 99.3 Å². The summed E-state index contributed by atoms with van der Waals surface area (Å²) in [4.78, 5) is 34.4. The van der Waals surface area contributed by atoms with E-state index in [0.29, 0.717) is 28.8 Å². The number of fused-ring (bicyclic) bond motifs is 1. The van der Waals surface area contributed by atoms with Gasteiger partial charge in [-0.15, -0.1) is 11.3 Å². The normalized spacial score (nSPS) is 17.6. The van der Waals surface area contributed by atoms with Crippen molar-refractivity contribution in [1.82, 2.24) is 14.8 Å². The predicted octanol–water partition coefficient (Wildman–Crippen LogP) is 7.69. The molecule has 2 heterocycles. The smallest absolute Gasteiger partial charge is 0.341 e. The van der Waals surface area contributed by atoms with E-state index >= 15 is 0 Å². The van der Waals surface area contributed by atoms with Gasteiger partial charge in [-0.1, -0.05) is 18.2 Å². The lowest BCUT2D eigenvalue weighted by Gasteiger charge is -2.40. The van der Waals surface area contributed by atoms with Crippen molar-refractivity contribution in [1.29, 1.82) is 0 Å². The summed E-state index contributed by atoms with van der Waals surface area (Å²) < 4.78 is 95.2. The molecule has 0 N–H and O–H groups in total. The first-order valence-corrected chi connectivity index (χ1v) is 14.4. The topological polar surface area (TPSA) is 53.5 Å². The predicted molar refractivity (Wildman–Crippen MR) is 150 cm³/mol. The van der Waals surface area contributed by atoms with Crippen molar-refractivity contribution in [3.8, 4) is 0 Å². The van der Waals surface area contributed by atoms with E-state index in [4.69, 9.17) is 0 Å². The zero-order chi connectivity index (χ0) is 32.0. The number of hydrogen-bond donors (Lipinski definition) is 0. The number of rotatable bonds is 5. The molecular weight excluding hydrogens is 611 g/mol. The summed E-state index contributed by atoms with van der Waals surface area (Å²) in [5.74, 6) is -2.74. The van der Waals surface area contributed by atoms with Crippen LogP contribution in [-0.4, -0.2) is 46.7 Å². The van der Waals surface area contributed by atoms with Gasteiger partial charge in [0, 0.05) is 38.5 Å². The summed E-state index contributed by atoms with van der Waals surface area (Å²) >= 11 is 1.23. The Morgan fingerprint density at radius 3 is 2.25 bits per heavy atom. The first kappa shape index (κ1) is 31.4. The second-order valence-electron chi connectivity index (χ2n) is 10.8. The van der Waals surface area contributed by atoms with Crippen LogP contribution >= 0.6 is 11.3 Å². The van der Waals surface area contributed by atoms with Crippen LogP contribution in [0, 0.1) is 18.7 Å². The molecule has 1 saturated heterocycles. The van der Waals surface area contributed by atoms with E-state index in [1.54, 1.807) is 24.0 Å². The lowest BCUT2D eigenvalue weighted by atomic mass is 9.78. The zero-order valence-corrected chi connectivity index (χ0v) is 24.3. The molecule has 0 spiro atoms. The maximum atomic E-state index is 14.0. The number of aryl methyl sites for hydroxylation is 1. The number of piperidine rings is 1. The highest BCUT2D eigenvalue weighted by Crippen LogP contribution is 2.39. The summed E-state index contributed by atoms with van der Waals surface area (Å²) in [5, 5.41) is 0.271. The van der Waals surface area contributed by atoms with Crippen molar-refractivity contribution in [2.75, 3.05) is 20.1 Å². The number of carbonyl (C=O) groups excluding carboxylic acids is 2. The van der Waals surface area contributed by atoms with Crippen LogP contribution in [0.15, 0.2) is 60.7 Å². The third-order valence-corrected chi connectivity index (χ3v) is 8.79. The van der Waals surface area contributed by atoms with Gasteiger partial charge >= 0.3 is 12.4 Å². The quantitative estimate of drug-likeness (QED) is 0.211. The first-order valence-electron chi connectivity index (χ1n) is 13.6. The number of amides is 2. The lowest BCUT2D eigenvalue weighted by Crippen LogP contribution is -2.47. The number of benzene rings is 3. The lowest BCUT2D eigenvalue weighted by molar-refractivity contribution is -0.143. The van der Waals surface area contributed by atoms with E-state index in [9.17, 15) is 40.3 Å². The number of halogens is 7. The average molecular weight is 638 g/mol. The van der Waals surface area contributed by atoms with Gasteiger partial charge < -0.3 is 9.80 Å². The fourth-order valence-electron chi connectivity index (χ4n) is 5.65. The van der Waals surface area contributed by atoms with Gasteiger partial charge in [-0.3, -0.25) is 9.59 Å². The molecule has 2 unspecified atom stereocenters. The van der Waals surface area contributed by atoms with E-state index in [1.807, 2.05) is 12.1 Å². The molecule has 3 aromatic carbocycles. The highest BCUT2D eigenvalue weighted by atomic mass is 32.1. The van der Waals surface area contributed by atoms with E-state index < -0.39 is 53.6 Å². The number of thiazole rings is 1. The molecule has 0 bridgehead atoms. The summed E-state index contributed by atoms with van der Waals surface area (Å²) in [6.07, 6.45) is -9.88. The maximum absolute atomic E-state index is 14.0. The van der Waals surface area contributed by atoms with Gasteiger partial charge in [-0.25, -0.2) is 9.37 Å². The van der Waals surface area contributed by atoms with Gasteiger partial charge in [-0.2, -0.15) is 26.3 Å². The average Bonchev–Trinajstić information content (AvgIpc) is 3.39. The molecule has 1 fully saturated rings. The number of nitrogens with zero attached hydrogens (tertiary/aromatic N) is 3. The molecule has 232 valence electrons. The van der Waals surface area contributed by atoms with Crippen LogP contribution in [0.5, 0.6) is 0 Å². The minimum atomic E-state index is -5.02. The Morgan fingerprint density at radius 1 is 0.977 bits per heavy atom. The second-order valence-corrected chi connectivity index (χ2v) is 11.9. The van der Waals surface area contributed by atoms with Crippen LogP contribution in [0.4, 0.5) is 30.7 Å². The molecule has 2 atom stereocenters. The summed E-state index contributed by atoms with van der Waals surface area (Å²) in [6.45, 7) is 1.40. The van der Waals surface area contributed by atoms with Crippen LogP contribution in [0.1, 0.15) is 50.0 Å². The standard InChI is InChI=1S/C31H26F7N3O2S/c1-17-11-21(32)7-8-22(17)24-16-41(29(43)27-39-25-5-3-4-6-26(25)44-27)10-9-23(24)28(42)40(2)15-18-12-19(30(33,34)35)14-20(13-18)31(36,37)38/h3-8,11-14,23-24H,9-10,15-16H2,1-2H3. The van der Waals surface area contributed by atoms with Crippen LogP contribution in [0.25, 0.3) is 10.2 Å². The summed E-state index contributed by atoms with van der Waals surface area (Å²) in [6, 6.07) is 12.6. The molecule has 0 saturated carbocycles. The van der Waals surface area contributed by atoms with Gasteiger partial charge in [0.25, 0.3) is 5.91 Å². The Balaban J connectivity index is 1.43. The Bertz CT molecular complexity index is 1650. The van der Waals surface area contributed by atoms with Gasteiger partial charge in [0.05, 0.1) is 21.3 Å². The summed E-state index contributed by atoms with van der Waals surface area (Å²) in [5.41, 5.74) is -1.45. The van der Waals surface area contributed by atoms with Crippen LogP contribution in [0.2, 0.25) is 0 Å². The molecule has 13 heteroatoms. The molecule has 0 radical (unpaired) electrons. The van der Waals surface area contributed by atoms with Gasteiger partial charge in [0.1, 0.15) is 5.82 Å². The van der Waals surface area contributed by atoms with Gasteiger partial charge in [-0.05, 0) is 72.5 Å². The number of hydrogen-bond acceptors (Lipinski definition) is 4. The van der Waals surface area contributed by atoms with Crippen molar-refractivity contribution in [2.45, 2.75) is 38.2 Å². The molecule has 1 aliphatic rings. The second kappa shape index (κ2) is 11.8. The SMILES string of the molecule is Cc1cc(F)ccc1C1CN(C(=O)c2nc3ccccc3s2)CCC1C(=O)N(C)Cc1cc(C(F)(F)F)cc(C(F)(F)F)c1. The van der Waals surface area contributed by atoms with Crippen molar-refractivity contribution >= 4 is 33.4 Å². The molecule has 1 aliphatic heterocycles. The van der Waals surface area contributed by atoms with E-state index in [2.05, 4.69) is 4.98 Å². The zero-order valence-electron chi connectivity index (χ0n) is 23.5. The molecule has 1 aromatic heterocycles. The number of carbonyl (C=O) groups is 2. The van der Waals surface area contributed by atoms with E-state index in [1.165, 1.54) is 36.6 Å². The molecule has 44 heavy (non-hydrogen) atoms. The molecule has 5 rings (SSSR count). The monoisotopic (exact) mass is 637 g/mol. The third kappa shape index (κ3) is 6.57. The minimum absolute atomic E-state index is 0.0385. The maximum Gasteiger partial charge on any atom is 0.416 e. The van der Waals surface area contributed by atoms with Gasteiger partial charge in [0.15, 0.2) is 5.01 Å². The van der Waals surface area contributed by atoms with Crippen LogP contribution in [-0.2, 0) is 23.7 Å². The molecular formula is C31H26F7N3O2S. The Morgan fingerprint density at radius 2 is 1.64 bits per heavy atom. The minimum Gasteiger partial charge on any atom is -0.341 e. The fourth-order valence-corrected chi connectivity index (χ4v) is 6.58. The summed E-state index contributed by atoms with van der Waals surface area (Å²) in [7, 11) is 1.31. The highest BCUT2D eigenvalue weighted by Gasteiger charge is 2.40. The van der Waals surface area contributed by atoms with Crippen LogP contribution < -0.4 is 0 Å². The number of likely N-dealkylation sites (tertiary alicyclic amines) is 1. The van der Waals surface area contributed by atoms with E-state index in [-0.39, 0.29) is 42.1 Å². The van der Waals surface area contributed by atoms with Crippen molar-refractivity contribution < 1.29 is 40.3 Å². The number of alkyl halides is 6. The Kier molecular flexibility index (Phi) is 8.45. The Labute approximate surface area is 251 Å². The largest absolute Gasteiger partial charge is 0.416 e. The van der Waals surface area contributed by atoms with Gasteiger partial charge in [0.2, 0.25) is 5.91 Å². The third-order valence-electron chi connectivity index (χ3n) is 7.77. The fraction of sp³-hybridized carbons (Fsp3) is 0.323. The van der Waals surface area contributed by atoms with Crippen molar-refractivity contribution in [2.24, 2.45) is 5.92 Å². The Hall–Kier alpha value is -4.00. The molecule has 2 amide bonds. The van der Waals surface area contributed by atoms with Crippen molar-refractivity contribution in [3.63, 3.8) is 0 Å². The molecule has 0 aliphatic carbocycles.